The summed E-state index contributed by atoms with van der Waals surface area (Å²) in [6.45, 7) is 6.09. The summed E-state index contributed by atoms with van der Waals surface area (Å²) in [5.41, 5.74) is 6.03. The topological polar surface area (TPSA) is 73.1 Å². The maximum absolute atomic E-state index is 10.9. The lowest BCUT2D eigenvalue weighted by molar-refractivity contribution is -0.117. The molecule has 4 nitrogen and oxygen atoms in total. The minimum absolute atomic E-state index is 0.323. The Bertz CT molecular complexity index is 700. The van der Waals surface area contributed by atoms with Crippen molar-refractivity contribution in [2.45, 2.75) is 46.5 Å². The molecule has 6 heteroatoms. The molecule has 0 saturated carbocycles. The highest BCUT2D eigenvalue weighted by Gasteiger charge is 2.08. The Hall–Kier alpha value is -1.72. The van der Waals surface area contributed by atoms with Gasteiger partial charge < -0.3 is 10.5 Å². The number of halogens is 1. The summed E-state index contributed by atoms with van der Waals surface area (Å²) in [5, 5.41) is 1.38. The van der Waals surface area contributed by atoms with E-state index in [1.807, 2.05) is 12.1 Å². The van der Waals surface area contributed by atoms with Crippen LogP contribution < -0.4 is 5.73 Å². The van der Waals surface area contributed by atoms with Crippen molar-refractivity contribution in [1.82, 2.24) is 4.98 Å². The largest absolute Gasteiger partial charge is 0.365 e. The summed E-state index contributed by atoms with van der Waals surface area (Å²) in [5.74, 6) is 0.656. The standard InChI is InChI=1S/C10H7ClN2OS.C9H18O/c11-7-3-1-2-6(4-7)10-13-5-8(15-10)9(12)14;1-4-8(2)6-5-7-9(3)10/h1-5H,(H2,12,14);8H,4-7H2,1-3H3. The number of nitrogens with zero attached hydrogens (tertiary/aromatic N) is 1. The molecule has 1 aromatic carbocycles. The number of carbonyl (C=O) groups excluding carboxylic acids is 2. The van der Waals surface area contributed by atoms with E-state index in [0.717, 1.165) is 29.3 Å². The zero-order chi connectivity index (χ0) is 18.8. The van der Waals surface area contributed by atoms with Crippen molar-refractivity contribution in [2.75, 3.05) is 0 Å². The number of hydrogen-bond donors (Lipinski definition) is 1. The second-order valence-electron chi connectivity index (χ2n) is 6.01. The van der Waals surface area contributed by atoms with Crippen LogP contribution in [0.3, 0.4) is 0 Å². The lowest BCUT2D eigenvalue weighted by Crippen LogP contribution is -2.08. The number of rotatable bonds is 7. The maximum Gasteiger partial charge on any atom is 0.260 e. The summed E-state index contributed by atoms with van der Waals surface area (Å²) in [6, 6.07) is 7.30. The van der Waals surface area contributed by atoms with E-state index in [9.17, 15) is 9.59 Å². The molecule has 0 aliphatic heterocycles. The van der Waals surface area contributed by atoms with E-state index in [4.69, 9.17) is 17.3 Å². The second-order valence-corrected chi connectivity index (χ2v) is 7.48. The summed E-state index contributed by atoms with van der Waals surface area (Å²) >= 11 is 7.11. The molecule has 1 amide bonds. The van der Waals surface area contributed by atoms with Gasteiger partial charge in [0, 0.05) is 17.0 Å². The van der Waals surface area contributed by atoms with E-state index in [2.05, 4.69) is 18.8 Å². The number of benzene rings is 1. The van der Waals surface area contributed by atoms with Crippen LogP contribution in [0.4, 0.5) is 0 Å². The Morgan fingerprint density at radius 3 is 2.60 bits per heavy atom. The zero-order valence-electron chi connectivity index (χ0n) is 14.9. The molecule has 0 aliphatic rings. The third kappa shape index (κ3) is 8.27. The van der Waals surface area contributed by atoms with Crippen LogP contribution in [0, 0.1) is 5.92 Å². The van der Waals surface area contributed by atoms with E-state index in [0.29, 0.717) is 15.7 Å². The molecule has 136 valence electrons. The van der Waals surface area contributed by atoms with Crippen molar-refractivity contribution >= 4 is 34.6 Å². The minimum atomic E-state index is -0.458. The van der Waals surface area contributed by atoms with Gasteiger partial charge in [0.1, 0.15) is 15.7 Å². The van der Waals surface area contributed by atoms with E-state index < -0.39 is 5.91 Å². The third-order valence-electron chi connectivity index (χ3n) is 3.74. The van der Waals surface area contributed by atoms with Crippen molar-refractivity contribution in [3.63, 3.8) is 0 Å². The molecule has 2 aromatic rings. The first-order valence-electron chi connectivity index (χ1n) is 8.34. The Labute approximate surface area is 158 Å². The lowest BCUT2D eigenvalue weighted by Gasteiger charge is -2.05. The van der Waals surface area contributed by atoms with Crippen molar-refractivity contribution in [2.24, 2.45) is 11.7 Å². The van der Waals surface area contributed by atoms with Crippen molar-refractivity contribution in [1.29, 1.82) is 0 Å². The second kappa shape index (κ2) is 11.0. The van der Waals surface area contributed by atoms with Gasteiger partial charge in [-0.2, -0.15) is 0 Å². The highest BCUT2D eigenvalue weighted by atomic mass is 35.5. The first-order chi connectivity index (χ1) is 11.8. The number of Topliss-reactive ketones (excluding diaryl/α,β-unsaturated/α-hetero) is 1. The van der Waals surface area contributed by atoms with Gasteiger partial charge >= 0.3 is 0 Å². The molecule has 0 aliphatic carbocycles. The fraction of sp³-hybridized carbons (Fsp3) is 0.421. The van der Waals surface area contributed by atoms with Gasteiger partial charge in [-0.25, -0.2) is 4.98 Å². The summed E-state index contributed by atoms with van der Waals surface area (Å²) in [7, 11) is 0. The third-order valence-corrected chi connectivity index (χ3v) is 5.04. The Morgan fingerprint density at radius 2 is 2.08 bits per heavy atom. The Morgan fingerprint density at radius 1 is 1.36 bits per heavy atom. The number of amides is 1. The quantitative estimate of drug-likeness (QED) is 0.703. The minimum Gasteiger partial charge on any atom is -0.365 e. The normalized spacial score (nSPS) is 11.4. The van der Waals surface area contributed by atoms with Gasteiger partial charge in [-0.05, 0) is 31.4 Å². The molecule has 0 bridgehead atoms. The van der Waals surface area contributed by atoms with Crippen LogP contribution in [0.2, 0.25) is 5.02 Å². The van der Waals surface area contributed by atoms with Crippen molar-refractivity contribution in [3.8, 4) is 10.6 Å². The van der Waals surface area contributed by atoms with Crippen LogP contribution in [-0.2, 0) is 4.79 Å². The average molecular weight is 381 g/mol. The number of carbonyl (C=O) groups is 2. The van der Waals surface area contributed by atoms with Crippen molar-refractivity contribution < 1.29 is 9.59 Å². The highest BCUT2D eigenvalue weighted by molar-refractivity contribution is 7.16. The van der Waals surface area contributed by atoms with Gasteiger partial charge in [0.25, 0.3) is 5.91 Å². The number of ketones is 1. The van der Waals surface area contributed by atoms with Gasteiger partial charge in [-0.3, -0.25) is 4.79 Å². The lowest BCUT2D eigenvalue weighted by atomic mass is 10.0. The van der Waals surface area contributed by atoms with E-state index in [1.165, 1.54) is 30.4 Å². The molecule has 1 aromatic heterocycles. The van der Waals surface area contributed by atoms with Gasteiger partial charge in [0.2, 0.25) is 0 Å². The van der Waals surface area contributed by atoms with Gasteiger partial charge in [0.15, 0.2) is 0 Å². The molecule has 0 fully saturated rings. The molecular weight excluding hydrogens is 356 g/mol. The first-order valence-corrected chi connectivity index (χ1v) is 9.53. The Kier molecular flexibility index (Phi) is 9.39. The predicted molar refractivity (Wildman–Crippen MR) is 105 cm³/mol. The number of nitrogens with two attached hydrogens (primary N) is 1. The highest BCUT2D eigenvalue weighted by Crippen LogP contribution is 2.26. The van der Waals surface area contributed by atoms with Gasteiger partial charge in [-0.15, -0.1) is 11.3 Å². The van der Waals surface area contributed by atoms with Crippen LogP contribution in [0.25, 0.3) is 10.6 Å². The van der Waals surface area contributed by atoms with E-state index in [-0.39, 0.29) is 0 Å². The van der Waals surface area contributed by atoms with E-state index >= 15 is 0 Å². The van der Waals surface area contributed by atoms with Crippen LogP contribution in [0.15, 0.2) is 30.5 Å². The zero-order valence-corrected chi connectivity index (χ0v) is 16.5. The number of hydrogen-bond acceptors (Lipinski definition) is 4. The van der Waals surface area contributed by atoms with Gasteiger partial charge in [-0.1, -0.05) is 50.4 Å². The van der Waals surface area contributed by atoms with Crippen LogP contribution >= 0.6 is 22.9 Å². The molecule has 0 spiro atoms. The molecule has 1 unspecified atom stereocenters. The number of primary amides is 1. The molecule has 2 rings (SSSR count). The molecule has 1 atom stereocenters. The average Bonchev–Trinajstić information content (AvgIpc) is 3.05. The van der Waals surface area contributed by atoms with Crippen molar-refractivity contribution in [3.05, 3.63) is 40.4 Å². The summed E-state index contributed by atoms with van der Waals surface area (Å²) < 4.78 is 0. The number of aromatic nitrogens is 1. The van der Waals surface area contributed by atoms with Gasteiger partial charge in [0.05, 0.1) is 6.20 Å². The summed E-state index contributed by atoms with van der Waals surface area (Å²) in [6.07, 6.45) is 5.76. The van der Waals surface area contributed by atoms with Crippen LogP contribution in [-0.4, -0.2) is 16.7 Å². The van der Waals surface area contributed by atoms with Crippen LogP contribution in [0.1, 0.15) is 56.1 Å². The fourth-order valence-electron chi connectivity index (χ4n) is 2.05. The maximum atomic E-state index is 10.9. The molecule has 1 heterocycles. The number of thiazole rings is 1. The molecule has 2 N–H and O–H groups in total. The van der Waals surface area contributed by atoms with Crippen LogP contribution in [0.5, 0.6) is 0 Å². The molecular formula is C19H25ClN2O2S. The first kappa shape index (κ1) is 21.3. The fourth-order valence-corrected chi connectivity index (χ4v) is 3.00. The smallest absolute Gasteiger partial charge is 0.260 e. The molecule has 0 saturated heterocycles. The molecule has 25 heavy (non-hydrogen) atoms. The monoisotopic (exact) mass is 380 g/mol. The van der Waals surface area contributed by atoms with E-state index in [1.54, 1.807) is 19.1 Å². The summed E-state index contributed by atoms with van der Waals surface area (Å²) in [4.78, 5) is 25.9. The predicted octanol–water partition coefficient (Wildman–Crippen LogP) is 5.35. The SMILES string of the molecule is CCC(C)CCCC(C)=O.NC(=O)c1cnc(-c2cccc(Cl)c2)s1. The molecule has 0 radical (unpaired) electrons. The Balaban J connectivity index is 0.000000275.